The molecule has 0 atom stereocenters. The molecule has 3 rings (SSSR count). The number of hydrogen-bond donors (Lipinski definition) is 1. The van der Waals surface area contributed by atoms with Gasteiger partial charge in [-0.3, -0.25) is 4.79 Å². The zero-order valence-corrected chi connectivity index (χ0v) is 16.4. The zero-order valence-electron chi connectivity index (χ0n) is 14.8. The lowest BCUT2D eigenvalue weighted by atomic mass is 10.1. The third-order valence-corrected chi connectivity index (χ3v) is 5.38. The fourth-order valence-electron chi connectivity index (χ4n) is 3.00. The van der Waals surface area contributed by atoms with Crippen molar-refractivity contribution in [3.8, 4) is 0 Å². The normalized spacial score (nSPS) is 15.1. The van der Waals surface area contributed by atoms with Crippen LogP contribution >= 0.6 is 23.2 Å². The Bertz CT molecular complexity index is 756. The Morgan fingerprint density at radius 1 is 1.00 bits per heavy atom. The van der Waals surface area contributed by atoms with Gasteiger partial charge >= 0.3 is 0 Å². The first kappa shape index (κ1) is 19.0. The molecule has 0 saturated carbocycles. The maximum absolute atomic E-state index is 12.2. The van der Waals surface area contributed by atoms with E-state index < -0.39 is 0 Å². The van der Waals surface area contributed by atoms with Crippen LogP contribution in [-0.4, -0.2) is 44.0 Å². The number of nitrogens with zero attached hydrogens (tertiary/aromatic N) is 2. The highest BCUT2D eigenvalue weighted by Gasteiger charge is 2.14. The molecule has 26 heavy (non-hydrogen) atoms. The van der Waals surface area contributed by atoms with Crippen molar-refractivity contribution >= 4 is 40.5 Å². The monoisotopic (exact) mass is 391 g/mol. The van der Waals surface area contributed by atoms with Crippen molar-refractivity contribution < 1.29 is 4.79 Å². The number of rotatable bonds is 5. The molecular formula is C20H23Cl2N3O. The average molecular weight is 392 g/mol. The first-order valence-corrected chi connectivity index (χ1v) is 9.54. The molecule has 1 N–H and O–H groups in total. The zero-order chi connectivity index (χ0) is 18.5. The van der Waals surface area contributed by atoms with Gasteiger partial charge in [-0.1, -0.05) is 29.3 Å². The molecule has 0 aliphatic carbocycles. The molecule has 0 unspecified atom stereocenters. The Kier molecular flexibility index (Phi) is 6.41. The van der Waals surface area contributed by atoms with Gasteiger partial charge in [-0.25, -0.2) is 0 Å². The van der Waals surface area contributed by atoms with Crippen LogP contribution in [0.2, 0.25) is 10.0 Å². The van der Waals surface area contributed by atoms with Gasteiger partial charge in [0.1, 0.15) is 0 Å². The Morgan fingerprint density at radius 2 is 1.69 bits per heavy atom. The van der Waals surface area contributed by atoms with Crippen LogP contribution < -0.4 is 10.2 Å². The molecule has 1 amide bonds. The third-order valence-electron chi connectivity index (χ3n) is 4.64. The van der Waals surface area contributed by atoms with E-state index in [4.69, 9.17) is 23.2 Å². The van der Waals surface area contributed by atoms with E-state index in [0.29, 0.717) is 22.9 Å². The van der Waals surface area contributed by atoms with Gasteiger partial charge < -0.3 is 15.1 Å². The van der Waals surface area contributed by atoms with Crippen molar-refractivity contribution in [1.82, 2.24) is 4.90 Å². The number of piperazine rings is 1. The molecule has 1 heterocycles. The summed E-state index contributed by atoms with van der Waals surface area (Å²) in [5.41, 5.74) is 3.02. The van der Waals surface area contributed by atoms with E-state index in [0.717, 1.165) is 37.4 Å². The lowest BCUT2D eigenvalue weighted by Crippen LogP contribution is -2.44. The van der Waals surface area contributed by atoms with E-state index in [9.17, 15) is 4.79 Å². The minimum atomic E-state index is -0.0107. The maximum atomic E-state index is 12.2. The Morgan fingerprint density at radius 3 is 2.35 bits per heavy atom. The van der Waals surface area contributed by atoms with Gasteiger partial charge in [0.2, 0.25) is 5.91 Å². The quantitative estimate of drug-likeness (QED) is 0.824. The Labute approximate surface area is 164 Å². The molecule has 2 aromatic carbocycles. The van der Waals surface area contributed by atoms with Crippen LogP contribution in [0.4, 0.5) is 11.4 Å². The second-order valence-corrected chi connectivity index (χ2v) is 7.45. The molecule has 1 aliphatic heterocycles. The standard InChI is InChI=1S/C20H23Cl2N3O/c1-24-10-12-25(13-11-24)17-6-4-16(5-7-17)23-20(26)9-3-15-2-8-18(21)19(22)14-15/h2,4-8,14H,3,9-13H2,1H3,(H,23,26). The van der Waals surface area contributed by atoms with E-state index in [-0.39, 0.29) is 5.91 Å². The second kappa shape index (κ2) is 8.76. The lowest BCUT2D eigenvalue weighted by molar-refractivity contribution is -0.116. The predicted octanol–water partition coefficient (Wildman–Crippen LogP) is 4.32. The fourth-order valence-corrected chi connectivity index (χ4v) is 3.32. The molecule has 0 bridgehead atoms. The summed E-state index contributed by atoms with van der Waals surface area (Å²) in [5.74, 6) is -0.0107. The number of aryl methyl sites for hydroxylation is 1. The number of anilines is 2. The topological polar surface area (TPSA) is 35.6 Å². The largest absolute Gasteiger partial charge is 0.369 e. The van der Waals surface area contributed by atoms with Crippen molar-refractivity contribution in [1.29, 1.82) is 0 Å². The Hall–Kier alpha value is -1.75. The first-order valence-electron chi connectivity index (χ1n) is 8.78. The van der Waals surface area contributed by atoms with E-state index in [2.05, 4.69) is 34.3 Å². The van der Waals surface area contributed by atoms with E-state index >= 15 is 0 Å². The van der Waals surface area contributed by atoms with Gasteiger partial charge in [-0.15, -0.1) is 0 Å². The fraction of sp³-hybridized carbons (Fsp3) is 0.350. The summed E-state index contributed by atoms with van der Waals surface area (Å²) in [6.45, 7) is 4.22. The van der Waals surface area contributed by atoms with E-state index in [1.54, 1.807) is 6.07 Å². The average Bonchev–Trinajstić information content (AvgIpc) is 2.64. The summed E-state index contributed by atoms with van der Waals surface area (Å²) < 4.78 is 0. The minimum Gasteiger partial charge on any atom is -0.369 e. The maximum Gasteiger partial charge on any atom is 0.224 e. The highest BCUT2D eigenvalue weighted by atomic mass is 35.5. The molecule has 1 fully saturated rings. The molecule has 2 aromatic rings. The van der Waals surface area contributed by atoms with Crippen LogP contribution in [0.1, 0.15) is 12.0 Å². The van der Waals surface area contributed by atoms with Gasteiger partial charge in [0, 0.05) is 44.0 Å². The highest BCUT2D eigenvalue weighted by molar-refractivity contribution is 6.42. The number of nitrogens with one attached hydrogen (secondary N) is 1. The molecule has 0 aromatic heterocycles. The van der Waals surface area contributed by atoms with Gasteiger partial charge in [0.15, 0.2) is 0 Å². The van der Waals surface area contributed by atoms with Crippen molar-refractivity contribution in [3.05, 3.63) is 58.1 Å². The number of halogens is 2. The summed E-state index contributed by atoms with van der Waals surface area (Å²) >= 11 is 11.9. The molecular weight excluding hydrogens is 369 g/mol. The summed E-state index contributed by atoms with van der Waals surface area (Å²) in [6, 6.07) is 13.5. The lowest BCUT2D eigenvalue weighted by Gasteiger charge is -2.34. The molecule has 0 radical (unpaired) electrons. The van der Waals surface area contributed by atoms with Crippen LogP contribution in [0, 0.1) is 0 Å². The first-order chi connectivity index (χ1) is 12.5. The van der Waals surface area contributed by atoms with Crippen LogP contribution in [0.15, 0.2) is 42.5 Å². The van der Waals surface area contributed by atoms with Gasteiger partial charge in [-0.2, -0.15) is 0 Å². The number of carbonyl (C=O) groups is 1. The van der Waals surface area contributed by atoms with E-state index in [1.807, 2.05) is 24.3 Å². The number of likely N-dealkylation sites (N-methyl/N-ethyl adjacent to an activating group) is 1. The smallest absolute Gasteiger partial charge is 0.224 e. The second-order valence-electron chi connectivity index (χ2n) is 6.63. The molecule has 138 valence electrons. The van der Waals surface area contributed by atoms with Crippen LogP contribution in [-0.2, 0) is 11.2 Å². The summed E-state index contributed by atoms with van der Waals surface area (Å²) in [5, 5.41) is 4.00. The van der Waals surface area contributed by atoms with Crippen LogP contribution in [0.3, 0.4) is 0 Å². The third kappa shape index (κ3) is 5.13. The van der Waals surface area contributed by atoms with Gasteiger partial charge in [0.25, 0.3) is 0 Å². The SMILES string of the molecule is CN1CCN(c2ccc(NC(=O)CCc3ccc(Cl)c(Cl)c3)cc2)CC1. The molecule has 1 aliphatic rings. The van der Waals surface area contributed by atoms with E-state index in [1.165, 1.54) is 5.69 Å². The highest BCUT2D eigenvalue weighted by Crippen LogP contribution is 2.23. The number of benzene rings is 2. The van der Waals surface area contributed by atoms with Crippen molar-refractivity contribution in [2.75, 3.05) is 43.4 Å². The van der Waals surface area contributed by atoms with Crippen LogP contribution in [0.25, 0.3) is 0 Å². The van der Waals surface area contributed by atoms with Crippen LogP contribution in [0.5, 0.6) is 0 Å². The van der Waals surface area contributed by atoms with Gasteiger partial charge in [0.05, 0.1) is 10.0 Å². The summed E-state index contributed by atoms with van der Waals surface area (Å²) in [7, 11) is 2.15. The number of carbonyl (C=O) groups excluding carboxylic acids is 1. The molecule has 0 spiro atoms. The molecule has 4 nitrogen and oxygen atoms in total. The van der Waals surface area contributed by atoms with Crippen molar-refractivity contribution in [3.63, 3.8) is 0 Å². The number of hydrogen-bond acceptors (Lipinski definition) is 3. The van der Waals surface area contributed by atoms with Crippen molar-refractivity contribution in [2.45, 2.75) is 12.8 Å². The predicted molar refractivity (Wildman–Crippen MR) is 110 cm³/mol. The summed E-state index contributed by atoms with van der Waals surface area (Å²) in [6.07, 6.45) is 1.03. The Balaban J connectivity index is 1.50. The minimum absolute atomic E-state index is 0.0107. The molecule has 1 saturated heterocycles. The van der Waals surface area contributed by atoms with Gasteiger partial charge in [-0.05, 0) is 55.4 Å². The number of amides is 1. The summed E-state index contributed by atoms with van der Waals surface area (Å²) in [4.78, 5) is 16.9. The molecule has 6 heteroatoms. The van der Waals surface area contributed by atoms with Crippen molar-refractivity contribution in [2.24, 2.45) is 0 Å².